The van der Waals surface area contributed by atoms with Crippen molar-refractivity contribution < 1.29 is 29.3 Å². The van der Waals surface area contributed by atoms with Crippen LogP contribution in [0.3, 0.4) is 0 Å². The normalized spacial score (nSPS) is 13.2. The number of ether oxygens (including phenoxy) is 1. The third-order valence-electron chi connectivity index (χ3n) is 4.15. The van der Waals surface area contributed by atoms with Gasteiger partial charge in [-0.25, -0.2) is 0 Å². The van der Waals surface area contributed by atoms with E-state index in [4.69, 9.17) is 4.74 Å². The van der Waals surface area contributed by atoms with Crippen molar-refractivity contribution in [1.29, 1.82) is 0 Å². The van der Waals surface area contributed by atoms with Gasteiger partial charge in [-0.2, -0.15) is 0 Å². The molecule has 6 heteroatoms. The number of rotatable bonds is 2. The van der Waals surface area contributed by atoms with Crippen molar-refractivity contribution in [3.8, 4) is 11.5 Å². The zero-order chi connectivity index (χ0) is 19.2. The second kappa shape index (κ2) is 5.98. The highest BCUT2D eigenvalue weighted by Crippen LogP contribution is 2.37. The van der Waals surface area contributed by atoms with Gasteiger partial charge in [0.25, 0.3) is 0 Å². The van der Waals surface area contributed by atoms with Crippen LogP contribution < -0.4 is 0 Å². The lowest BCUT2D eigenvalue weighted by atomic mass is 9.82. The minimum Gasteiger partial charge on any atom is -0.507 e. The predicted octanol–water partition coefficient (Wildman–Crippen LogP) is 2.96. The molecule has 6 nitrogen and oxygen atoms in total. The maximum absolute atomic E-state index is 12.7. The van der Waals surface area contributed by atoms with Crippen LogP contribution in [0.2, 0.25) is 0 Å². The minimum atomic E-state index is -0.682. The first-order valence-corrected chi connectivity index (χ1v) is 8.05. The fourth-order valence-electron chi connectivity index (χ4n) is 2.79. The van der Waals surface area contributed by atoms with Gasteiger partial charge in [0, 0.05) is 11.1 Å². The van der Waals surface area contributed by atoms with E-state index in [0.29, 0.717) is 5.56 Å². The molecule has 0 aliphatic heterocycles. The van der Waals surface area contributed by atoms with Gasteiger partial charge in [0.05, 0.1) is 16.5 Å². The van der Waals surface area contributed by atoms with Crippen LogP contribution in [-0.2, 0) is 16.1 Å². The summed E-state index contributed by atoms with van der Waals surface area (Å²) in [4.78, 5) is 37.3. The van der Waals surface area contributed by atoms with E-state index in [2.05, 4.69) is 0 Å². The molecule has 0 saturated heterocycles. The molecule has 134 valence electrons. The van der Waals surface area contributed by atoms with Gasteiger partial charge in [-0.15, -0.1) is 0 Å². The second-order valence-corrected chi connectivity index (χ2v) is 7.22. The van der Waals surface area contributed by atoms with E-state index in [0.717, 1.165) is 0 Å². The molecule has 0 fully saturated rings. The number of phenols is 2. The average molecular weight is 354 g/mol. The van der Waals surface area contributed by atoms with Gasteiger partial charge in [0.2, 0.25) is 5.78 Å². The summed E-state index contributed by atoms with van der Waals surface area (Å²) in [6.45, 7) is 5.01. The molecule has 0 spiro atoms. The van der Waals surface area contributed by atoms with E-state index >= 15 is 0 Å². The molecule has 1 aliphatic carbocycles. The molecule has 2 aromatic carbocycles. The van der Waals surface area contributed by atoms with E-state index in [1.165, 1.54) is 30.3 Å². The van der Waals surface area contributed by atoms with Crippen LogP contribution in [0.15, 0.2) is 30.3 Å². The summed E-state index contributed by atoms with van der Waals surface area (Å²) in [7, 11) is 0. The van der Waals surface area contributed by atoms with Gasteiger partial charge < -0.3 is 14.9 Å². The van der Waals surface area contributed by atoms with Crippen molar-refractivity contribution in [3.05, 3.63) is 58.1 Å². The number of ketones is 2. The van der Waals surface area contributed by atoms with Crippen molar-refractivity contribution in [3.63, 3.8) is 0 Å². The fraction of sp³-hybridized carbons (Fsp3) is 0.250. The third kappa shape index (κ3) is 2.83. The van der Waals surface area contributed by atoms with Crippen molar-refractivity contribution in [2.45, 2.75) is 27.4 Å². The number of aromatic hydroxyl groups is 2. The van der Waals surface area contributed by atoms with Crippen LogP contribution in [0, 0.1) is 5.41 Å². The number of esters is 1. The zero-order valence-electron chi connectivity index (χ0n) is 14.6. The molecule has 0 unspecified atom stereocenters. The number of fused-ring (bicyclic) bond motifs is 2. The highest BCUT2D eigenvalue weighted by molar-refractivity contribution is 6.30. The summed E-state index contributed by atoms with van der Waals surface area (Å²) >= 11 is 0. The average Bonchev–Trinajstić information content (AvgIpc) is 2.56. The Morgan fingerprint density at radius 3 is 2.27 bits per heavy atom. The second-order valence-electron chi connectivity index (χ2n) is 7.22. The Morgan fingerprint density at radius 2 is 1.62 bits per heavy atom. The van der Waals surface area contributed by atoms with Crippen molar-refractivity contribution >= 4 is 17.5 Å². The molecule has 0 bridgehead atoms. The maximum atomic E-state index is 12.7. The summed E-state index contributed by atoms with van der Waals surface area (Å²) in [5, 5.41) is 20.2. The van der Waals surface area contributed by atoms with Crippen LogP contribution >= 0.6 is 0 Å². The highest BCUT2D eigenvalue weighted by atomic mass is 16.5. The molecular weight excluding hydrogens is 336 g/mol. The number of benzene rings is 2. The van der Waals surface area contributed by atoms with Gasteiger partial charge in [-0.1, -0.05) is 12.1 Å². The monoisotopic (exact) mass is 354 g/mol. The van der Waals surface area contributed by atoms with Crippen LogP contribution in [0.1, 0.15) is 58.2 Å². The molecule has 26 heavy (non-hydrogen) atoms. The first-order valence-electron chi connectivity index (χ1n) is 8.05. The molecule has 0 heterocycles. The van der Waals surface area contributed by atoms with E-state index in [-0.39, 0.29) is 34.6 Å². The zero-order valence-corrected chi connectivity index (χ0v) is 14.6. The molecule has 0 amide bonds. The molecule has 2 aromatic rings. The van der Waals surface area contributed by atoms with E-state index in [1.807, 2.05) is 0 Å². The summed E-state index contributed by atoms with van der Waals surface area (Å²) in [6.07, 6.45) is 0. The fourth-order valence-corrected chi connectivity index (χ4v) is 2.79. The molecule has 0 aromatic heterocycles. The van der Waals surface area contributed by atoms with Gasteiger partial charge in [-0.05, 0) is 44.5 Å². The van der Waals surface area contributed by atoms with Crippen LogP contribution in [-0.4, -0.2) is 27.7 Å². The predicted molar refractivity (Wildman–Crippen MR) is 92.3 cm³/mol. The Kier molecular flexibility index (Phi) is 4.06. The van der Waals surface area contributed by atoms with E-state index < -0.39 is 28.7 Å². The lowest BCUT2D eigenvalue weighted by Crippen LogP contribution is -2.23. The van der Waals surface area contributed by atoms with Crippen molar-refractivity contribution in [2.24, 2.45) is 5.41 Å². The molecular formula is C20H18O6. The Morgan fingerprint density at radius 1 is 0.962 bits per heavy atom. The van der Waals surface area contributed by atoms with Crippen LogP contribution in [0.25, 0.3) is 0 Å². The molecule has 1 aliphatic rings. The summed E-state index contributed by atoms with van der Waals surface area (Å²) in [5.74, 6) is -2.23. The first-order chi connectivity index (χ1) is 12.1. The first kappa shape index (κ1) is 17.7. The Labute approximate surface area is 150 Å². The topological polar surface area (TPSA) is 101 Å². The summed E-state index contributed by atoms with van der Waals surface area (Å²) < 4.78 is 5.20. The SMILES string of the molecule is CC(C)(C)C(=O)OCc1cc(O)c2c(c1)C(=O)c1cccc(O)c1C2=O. The molecule has 0 saturated carbocycles. The standard InChI is InChI=1S/C20H18O6/c1-20(2,3)19(25)26-9-10-7-12-16(14(22)8-10)18(24)15-11(17(12)23)5-4-6-13(15)21/h4-8,21-22H,9H2,1-3H3. The van der Waals surface area contributed by atoms with Crippen LogP contribution in [0.4, 0.5) is 0 Å². The molecule has 3 rings (SSSR count). The number of hydrogen-bond acceptors (Lipinski definition) is 6. The smallest absolute Gasteiger partial charge is 0.311 e. The van der Waals surface area contributed by atoms with Gasteiger partial charge in [0.1, 0.15) is 18.1 Å². The summed E-state index contributed by atoms with van der Waals surface area (Å²) in [5.41, 5.74) is -0.468. The van der Waals surface area contributed by atoms with Gasteiger partial charge >= 0.3 is 5.97 Å². The minimum absolute atomic E-state index is 0.0231. The Balaban J connectivity index is 2.01. The number of carbonyl (C=O) groups excluding carboxylic acids is 3. The van der Waals surface area contributed by atoms with Gasteiger partial charge in [-0.3, -0.25) is 14.4 Å². The van der Waals surface area contributed by atoms with E-state index in [9.17, 15) is 24.6 Å². The number of phenolic OH excluding ortho intramolecular Hbond substituents is 2. The Hall–Kier alpha value is -3.15. The number of hydrogen-bond donors (Lipinski definition) is 2. The largest absolute Gasteiger partial charge is 0.507 e. The van der Waals surface area contributed by atoms with Crippen molar-refractivity contribution in [1.82, 2.24) is 0 Å². The molecule has 0 radical (unpaired) electrons. The summed E-state index contributed by atoms with van der Waals surface area (Å²) in [6, 6.07) is 6.94. The Bertz CT molecular complexity index is 950. The lowest BCUT2D eigenvalue weighted by Gasteiger charge is -2.21. The highest BCUT2D eigenvalue weighted by Gasteiger charge is 2.34. The maximum Gasteiger partial charge on any atom is 0.311 e. The van der Waals surface area contributed by atoms with Crippen LogP contribution in [0.5, 0.6) is 11.5 Å². The van der Waals surface area contributed by atoms with Crippen molar-refractivity contribution in [2.75, 3.05) is 0 Å². The van der Waals surface area contributed by atoms with Gasteiger partial charge in [0.15, 0.2) is 5.78 Å². The third-order valence-corrected chi connectivity index (χ3v) is 4.15. The van der Waals surface area contributed by atoms with E-state index in [1.54, 1.807) is 20.8 Å². The quantitative estimate of drug-likeness (QED) is 0.686. The molecule has 0 atom stereocenters. The lowest BCUT2D eigenvalue weighted by molar-refractivity contribution is -0.154. The molecule has 2 N–H and O–H groups in total. The number of carbonyl (C=O) groups is 3.